The van der Waals surface area contributed by atoms with Crippen molar-refractivity contribution in [2.75, 3.05) is 38.7 Å². The molecule has 238 valence electrons. The van der Waals surface area contributed by atoms with Gasteiger partial charge in [0.2, 0.25) is 5.91 Å². The fourth-order valence-electron chi connectivity index (χ4n) is 4.16. The predicted octanol–water partition coefficient (Wildman–Crippen LogP) is 4.06. The third-order valence-corrected chi connectivity index (χ3v) is 6.88. The van der Waals surface area contributed by atoms with Gasteiger partial charge in [0.25, 0.3) is 0 Å². The highest BCUT2D eigenvalue weighted by Crippen LogP contribution is 2.22. The van der Waals surface area contributed by atoms with Crippen molar-refractivity contribution in [3.8, 4) is 0 Å². The smallest absolute Gasteiger partial charge is 0.412 e. The Labute approximate surface area is 260 Å². The van der Waals surface area contributed by atoms with Crippen LogP contribution in [0.25, 0.3) is 10.8 Å². The summed E-state index contributed by atoms with van der Waals surface area (Å²) in [5.74, 6) is -0.393. The molecule has 4 amide bonds. The molecule has 0 aliphatic heterocycles. The standard InChI is InChI=1S/C29H35ClFN7O5.CH4/c1-38(25(40)12-11-19-8-4-10-23(31)26(19)30)22(9-5-13-33-28(34-14-15-39)37-27(32)41)18-43-29(42)36-24-16-20-6-2-3-7-21(20)17-35-24;/h2-4,6-8,10,16-17,22,39H,5,9,11-15,18H2,1H3,(H,35,36,42)(H4,32,33,34,37,41);1H4/t22-;/m0./s1. The number of carbonyl (C=O) groups excluding carboxylic acids is 3. The summed E-state index contributed by atoms with van der Waals surface area (Å²) in [6, 6.07) is 12.4. The second kappa shape index (κ2) is 18.2. The van der Waals surface area contributed by atoms with E-state index in [0.717, 1.165) is 10.8 Å². The average Bonchev–Trinajstić information content (AvgIpc) is 2.99. The van der Waals surface area contributed by atoms with Crippen LogP contribution in [0.15, 0.2) is 59.7 Å². The number of nitrogens with zero attached hydrogens (tertiary/aromatic N) is 3. The van der Waals surface area contributed by atoms with Crippen LogP contribution in [0.5, 0.6) is 0 Å². The van der Waals surface area contributed by atoms with Crippen molar-refractivity contribution in [1.82, 2.24) is 20.5 Å². The Morgan fingerprint density at radius 3 is 2.66 bits per heavy atom. The molecule has 0 spiro atoms. The molecule has 1 heterocycles. The molecule has 6 N–H and O–H groups in total. The average molecular weight is 632 g/mol. The molecular weight excluding hydrogens is 593 g/mol. The van der Waals surface area contributed by atoms with Crippen LogP contribution in [0.2, 0.25) is 5.02 Å². The van der Waals surface area contributed by atoms with Crippen molar-refractivity contribution in [3.05, 3.63) is 71.1 Å². The van der Waals surface area contributed by atoms with Crippen LogP contribution in [0, 0.1) is 5.82 Å². The Hall–Kier alpha value is -4.49. The number of benzene rings is 2. The summed E-state index contributed by atoms with van der Waals surface area (Å²) in [5, 5.41) is 18.5. The second-order valence-electron chi connectivity index (χ2n) is 9.52. The van der Waals surface area contributed by atoms with E-state index in [1.165, 1.54) is 17.0 Å². The number of fused-ring (bicyclic) bond motifs is 1. The largest absolute Gasteiger partial charge is 0.447 e. The number of aliphatic imine (C=N–C) groups is 1. The van der Waals surface area contributed by atoms with Crippen LogP contribution >= 0.6 is 11.6 Å². The van der Waals surface area contributed by atoms with Gasteiger partial charge < -0.3 is 25.8 Å². The first-order valence-corrected chi connectivity index (χ1v) is 14.0. The van der Waals surface area contributed by atoms with Crippen molar-refractivity contribution in [1.29, 1.82) is 0 Å². The van der Waals surface area contributed by atoms with Gasteiger partial charge >= 0.3 is 12.1 Å². The maximum Gasteiger partial charge on any atom is 0.412 e. The number of rotatable bonds is 13. The molecule has 0 fully saturated rings. The van der Waals surface area contributed by atoms with Crippen LogP contribution in [-0.2, 0) is 16.0 Å². The zero-order valence-corrected chi connectivity index (χ0v) is 24.4. The maximum atomic E-state index is 13.8. The molecule has 0 saturated carbocycles. The third-order valence-electron chi connectivity index (χ3n) is 6.46. The van der Waals surface area contributed by atoms with Gasteiger partial charge in [0.05, 0.1) is 17.7 Å². The molecule has 0 unspecified atom stereocenters. The Bertz CT molecular complexity index is 1440. The highest BCUT2D eigenvalue weighted by atomic mass is 35.5. The van der Waals surface area contributed by atoms with Gasteiger partial charge in [-0.2, -0.15) is 0 Å². The molecule has 0 aliphatic rings. The minimum Gasteiger partial charge on any atom is -0.447 e. The quantitative estimate of drug-likeness (QED) is 0.108. The summed E-state index contributed by atoms with van der Waals surface area (Å²) >= 11 is 6.04. The highest BCUT2D eigenvalue weighted by Gasteiger charge is 2.22. The van der Waals surface area contributed by atoms with Gasteiger partial charge in [0.15, 0.2) is 5.96 Å². The van der Waals surface area contributed by atoms with Gasteiger partial charge in [-0.15, -0.1) is 0 Å². The van der Waals surface area contributed by atoms with Crippen LogP contribution in [0.4, 0.5) is 19.8 Å². The number of ether oxygens (including phenoxy) is 1. The van der Waals surface area contributed by atoms with E-state index in [1.54, 1.807) is 25.4 Å². The van der Waals surface area contributed by atoms with Gasteiger partial charge in [0, 0.05) is 38.1 Å². The number of aliphatic hydroxyl groups excluding tert-OH is 1. The number of pyridine rings is 1. The van der Waals surface area contributed by atoms with Crippen molar-refractivity contribution in [2.24, 2.45) is 10.7 Å². The molecule has 0 aliphatic carbocycles. The molecule has 12 nitrogen and oxygen atoms in total. The molecule has 0 radical (unpaired) electrons. The van der Waals surface area contributed by atoms with Crippen LogP contribution in [0.3, 0.4) is 0 Å². The van der Waals surface area contributed by atoms with Gasteiger partial charge in [-0.3, -0.25) is 20.4 Å². The number of amides is 4. The van der Waals surface area contributed by atoms with E-state index in [-0.39, 0.29) is 63.5 Å². The molecule has 14 heteroatoms. The zero-order chi connectivity index (χ0) is 31.2. The van der Waals surface area contributed by atoms with Crippen molar-refractivity contribution < 1.29 is 28.6 Å². The number of aliphatic hydroxyl groups is 1. The number of hydrogen-bond donors (Lipinski definition) is 5. The zero-order valence-electron chi connectivity index (χ0n) is 23.7. The van der Waals surface area contributed by atoms with E-state index in [9.17, 15) is 18.8 Å². The summed E-state index contributed by atoms with van der Waals surface area (Å²) in [6.07, 6.45) is 2.02. The Kier molecular flexibility index (Phi) is 14.8. The Morgan fingerprint density at radius 2 is 1.93 bits per heavy atom. The van der Waals surface area contributed by atoms with E-state index < -0.39 is 24.0 Å². The van der Waals surface area contributed by atoms with Gasteiger partial charge in [-0.1, -0.05) is 55.4 Å². The SMILES string of the molecule is C.CN(C(=O)CCc1cccc(F)c1Cl)[C@@H](CCCN=C(NCCO)NC(N)=O)COC(=O)Nc1cc2ccccc2cn1. The number of nitrogens with one attached hydrogen (secondary N) is 3. The lowest BCUT2D eigenvalue weighted by Crippen LogP contribution is -2.44. The van der Waals surface area contributed by atoms with Crippen molar-refractivity contribution >= 4 is 52.2 Å². The fourth-order valence-corrected chi connectivity index (χ4v) is 4.39. The predicted molar refractivity (Wildman–Crippen MR) is 169 cm³/mol. The number of anilines is 1. The van der Waals surface area contributed by atoms with Crippen LogP contribution < -0.4 is 21.7 Å². The summed E-state index contributed by atoms with van der Waals surface area (Å²) in [4.78, 5) is 46.9. The summed E-state index contributed by atoms with van der Waals surface area (Å²) in [5.41, 5.74) is 5.68. The van der Waals surface area contributed by atoms with Crippen molar-refractivity contribution in [2.45, 2.75) is 39.2 Å². The molecule has 0 saturated heterocycles. The molecule has 1 atom stereocenters. The minimum atomic E-state index is -0.814. The van der Waals surface area contributed by atoms with Gasteiger partial charge in [-0.05, 0) is 42.3 Å². The number of nitrogens with two attached hydrogens (primary N) is 1. The molecule has 0 bridgehead atoms. The number of carbonyl (C=O) groups is 3. The van der Waals surface area contributed by atoms with E-state index >= 15 is 0 Å². The van der Waals surface area contributed by atoms with E-state index in [2.05, 4.69) is 25.9 Å². The topological polar surface area (TPSA) is 171 Å². The molecule has 3 rings (SSSR count). The molecule has 1 aromatic heterocycles. The van der Waals surface area contributed by atoms with Crippen LogP contribution in [0.1, 0.15) is 32.3 Å². The number of likely N-dealkylation sites (N-methyl/N-ethyl adjacent to an activating group) is 1. The monoisotopic (exact) mass is 631 g/mol. The van der Waals surface area contributed by atoms with Gasteiger partial charge in [-0.25, -0.2) is 19.0 Å². The molecular formula is C30H39ClFN7O5. The lowest BCUT2D eigenvalue weighted by atomic mass is 10.1. The van der Waals surface area contributed by atoms with E-state index in [4.69, 9.17) is 27.2 Å². The number of halogens is 2. The second-order valence-corrected chi connectivity index (χ2v) is 9.90. The van der Waals surface area contributed by atoms with E-state index in [1.807, 2.05) is 24.3 Å². The van der Waals surface area contributed by atoms with Gasteiger partial charge in [0.1, 0.15) is 18.2 Å². The first-order chi connectivity index (χ1) is 20.7. The summed E-state index contributed by atoms with van der Waals surface area (Å²) < 4.78 is 19.3. The number of aromatic nitrogens is 1. The molecule has 44 heavy (non-hydrogen) atoms. The number of aryl methyl sites for hydroxylation is 1. The summed E-state index contributed by atoms with van der Waals surface area (Å²) in [7, 11) is 1.60. The minimum absolute atomic E-state index is 0. The third kappa shape index (κ3) is 11.3. The number of guanidine groups is 1. The lowest BCUT2D eigenvalue weighted by molar-refractivity contribution is -0.132. The highest BCUT2D eigenvalue weighted by molar-refractivity contribution is 6.31. The Morgan fingerprint density at radius 1 is 1.18 bits per heavy atom. The first kappa shape index (κ1) is 35.7. The normalized spacial score (nSPS) is 11.7. The molecule has 2 aromatic carbocycles. The van der Waals surface area contributed by atoms with Crippen molar-refractivity contribution in [3.63, 3.8) is 0 Å². The van der Waals surface area contributed by atoms with Crippen LogP contribution in [-0.4, -0.2) is 78.4 Å². The molecule has 3 aromatic rings. The Balaban J connectivity index is 0.00000675. The number of urea groups is 1. The number of hydrogen-bond acceptors (Lipinski definition) is 7. The fraction of sp³-hybridized carbons (Fsp3) is 0.367. The summed E-state index contributed by atoms with van der Waals surface area (Å²) in [6.45, 7) is 0.0899. The number of primary amides is 1. The lowest BCUT2D eigenvalue weighted by Gasteiger charge is -2.28. The van der Waals surface area contributed by atoms with E-state index in [0.29, 0.717) is 24.2 Å². The first-order valence-electron chi connectivity index (χ1n) is 13.6. The maximum absolute atomic E-state index is 13.8.